The summed E-state index contributed by atoms with van der Waals surface area (Å²) in [6.45, 7) is 3.48. The number of hydrogen-bond acceptors (Lipinski definition) is 5. The molecular formula is C13H17N5O. The van der Waals surface area contributed by atoms with Gasteiger partial charge in [-0.3, -0.25) is 0 Å². The van der Waals surface area contributed by atoms with Crippen LogP contribution in [0, 0.1) is 6.92 Å². The first-order chi connectivity index (χ1) is 9.25. The Bertz CT molecular complexity index is 574. The highest BCUT2D eigenvalue weighted by atomic mass is 16.5. The predicted molar refractivity (Wildman–Crippen MR) is 71.5 cm³/mol. The number of nitrogens with zero attached hydrogens (tertiary/aromatic N) is 4. The van der Waals surface area contributed by atoms with Crippen molar-refractivity contribution in [2.75, 3.05) is 18.9 Å². The minimum atomic E-state index is 0.219. The number of nitrogen functional groups attached to an aromatic ring is 1. The molecule has 2 N–H and O–H groups in total. The molecule has 6 nitrogen and oxygen atoms in total. The second-order valence-corrected chi connectivity index (χ2v) is 4.89. The van der Waals surface area contributed by atoms with Gasteiger partial charge in [0.15, 0.2) is 5.82 Å². The van der Waals surface area contributed by atoms with Crippen molar-refractivity contribution in [1.29, 1.82) is 0 Å². The summed E-state index contributed by atoms with van der Waals surface area (Å²) in [6.07, 6.45) is 2.09. The third-order valence-electron chi connectivity index (χ3n) is 3.50. The Balaban J connectivity index is 1.96. The first kappa shape index (κ1) is 12.1. The molecule has 2 heterocycles. The summed E-state index contributed by atoms with van der Waals surface area (Å²) in [7, 11) is 0. The molecule has 0 amide bonds. The summed E-state index contributed by atoms with van der Waals surface area (Å²) in [5.41, 5.74) is 8.65. The van der Waals surface area contributed by atoms with Crippen LogP contribution in [0.3, 0.4) is 0 Å². The van der Waals surface area contributed by atoms with E-state index in [4.69, 9.17) is 10.5 Å². The molecule has 100 valence electrons. The quantitative estimate of drug-likeness (QED) is 0.828. The first-order valence-corrected chi connectivity index (χ1v) is 6.48. The van der Waals surface area contributed by atoms with Gasteiger partial charge in [0, 0.05) is 17.9 Å². The molecule has 6 heteroatoms. The van der Waals surface area contributed by atoms with Crippen molar-refractivity contribution in [1.82, 2.24) is 20.2 Å². The van der Waals surface area contributed by atoms with Crippen molar-refractivity contribution in [3.63, 3.8) is 0 Å². The van der Waals surface area contributed by atoms with Gasteiger partial charge in [-0.15, -0.1) is 5.10 Å². The number of tetrazole rings is 1. The molecule has 0 radical (unpaired) electrons. The zero-order chi connectivity index (χ0) is 13.2. The maximum atomic E-state index is 5.84. The minimum Gasteiger partial charge on any atom is -0.399 e. The highest BCUT2D eigenvalue weighted by Crippen LogP contribution is 2.26. The fourth-order valence-electron chi connectivity index (χ4n) is 2.36. The molecule has 2 aromatic rings. The zero-order valence-corrected chi connectivity index (χ0v) is 10.9. The van der Waals surface area contributed by atoms with Crippen molar-refractivity contribution >= 4 is 5.69 Å². The Morgan fingerprint density at radius 1 is 1.42 bits per heavy atom. The van der Waals surface area contributed by atoms with E-state index < -0.39 is 0 Å². The predicted octanol–water partition coefficient (Wildman–Crippen LogP) is 1.58. The van der Waals surface area contributed by atoms with Crippen LogP contribution in [0.2, 0.25) is 0 Å². The molecule has 1 aliphatic heterocycles. The molecule has 1 aromatic carbocycles. The third-order valence-corrected chi connectivity index (χ3v) is 3.50. The Morgan fingerprint density at radius 2 is 2.32 bits per heavy atom. The highest BCUT2D eigenvalue weighted by molar-refractivity contribution is 5.61. The normalized spacial score (nSPS) is 19.5. The third kappa shape index (κ3) is 2.31. The first-order valence-electron chi connectivity index (χ1n) is 6.48. The van der Waals surface area contributed by atoms with Crippen LogP contribution in [0.15, 0.2) is 18.2 Å². The van der Waals surface area contributed by atoms with Gasteiger partial charge in [-0.1, -0.05) is 0 Å². The fourth-order valence-corrected chi connectivity index (χ4v) is 2.36. The summed E-state index contributed by atoms with van der Waals surface area (Å²) < 4.78 is 7.37. The number of nitrogens with two attached hydrogens (primary N) is 1. The van der Waals surface area contributed by atoms with Crippen molar-refractivity contribution in [2.24, 2.45) is 0 Å². The number of benzene rings is 1. The van der Waals surface area contributed by atoms with Crippen LogP contribution in [0.1, 0.15) is 24.4 Å². The molecule has 1 unspecified atom stereocenters. The van der Waals surface area contributed by atoms with E-state index in [1.807, 2.05) is 29.8 Å². The summed E-state index contributed by atoms with van der Waals surface area (Å²) in [4.78, 5) is 0. The lowest BCUT2D eigenvalue weighted by Crippen LogP contribution is -2.23. The van der Waals surface area contributed by atoms with Crippen LogP contribution in [0.25, 0.3) is 11.4 Å². The van der Waals surface area contributed by atoms with Gasteiger partial charge in [-0.2, -0.15) is 0 Å². The summed E-state index contributed by atoms with van der Waals surface area (Å²) in [5.74, 6) is 0.776. The van der Waals surface area contributed by atoms with Crippen LogP contribution in [-0.4, -0.2) is 33.4 Å². The number of ether oxygens (including phenoxy) is 1. The monoisotopic (exact) mass is 259 g/mol. The molecule has 1 fully saturated rings. The fraction of sp³-hybridized carbons (Fsp3) is 0.462. The molecule has 0 saturated carbocycles. The van der Waals surface area contributed by atoms with E-state index in [1.54, 1.807) is 0 Å². The Kier molecular flexibility index (Phi) is 3.16. The van der Waals surface area contributed by atoms with Crippen molar-refractivity contribution < 1.29 is 4.74 Å². The molecule has 3 rings (SSSR count). The van der Waals surface area contributed by atoms with E-state index in [0.29, 0.717) is 6.61 Å². The van der Waals surface area contributed by atoms with Crippen molar-refractivity contribution in [3.8, 4) is 11.4 Å². The zero-order valence-electron chi connectivity index (χ0n) is 10.9. The number of hydrogen-bond donors (Lipinski definition) is 1. The smallest absolute Gasteiger partial charge is 0.182 e. The largest absolute Gasteiger partial charge is 0.399 e. The van der Waals surface area contributed by atoms with E-state index in [-0.39, 0.29) is 6.04 Å². The van der Waals surface area contributed by atoms with Gasteiger partial charge >= 0.3 is 0 Å². The standard InChI is InChI=1S/C13H17N5O/c1-9-7-10(4-5-12(9)14)13-15-16-17-18(13)11-3-2-6-19-8-11/h4-5,7,11H,2-3,6,8,14H2,1H3. The van der Waals surface area contributed by atoms with E-state index in [2.05, 4.69) is 15.5 Å². The maximum absolute atomic E-state index is 5.84. The average molecular weight is 259 g/mol. The van der Waals surface area contributed by atoms with Gasteiger partial charge in [0.2, 0.25) is 0 Å². The highest BCUT2D eigenvalue weighted by Gasteiger charge is 2.21. The summed E-state index contributed by atoms with van der Waals surface area (Å²) in [6, 6.07) is 6.08. The van der Waals surface area contributed by atoms with Crippen LogP contribution < -0.4 is 5.73 Å². The van der Waals surface area contributed by atoms with Gasteiger partial charge in [-0.25, -0.2) is 4.68 Å². The Labute approximate surface area is 111 Å². The molecular weight excluding hydrogens is 242 g/mol. The molecule has 1 saturated heterocycles. The average Bonchev–Trinajstić information content (AvgIpc) is 2.92. The number of aryl methyl sites for hydroxylation is 1. The second kappa shape index (κ2) is 4.97. The van der Waals surface area contributed by atoms with Crippen molar-refractivity contribution in [3.05, 3.63) is 23.8 Å². The molecule has 19 heavy (non-hydrogen) atoms. The second-order valence-electron chi connectivity index (χ2n) is 4.89. The topological polar surface area (TPSA) is 78.8 Å². The van der Waals surface area contributed by atoms with Gasteiger partial charge in [-0.05, 0) is 54.0 Å². The molecule has 1 atom stereocenters. The minimum absolute atomic E-state index is 0.219. The summed E-state index contributed by atoms with van der Waals surface area (Å²) in [5, 5.41) is 12.1. The van der Waals surface area contributed by atoms with E-state index in [1.165, 1.54) is 0 Å². The van der Waals surface area contributed by atoms with E-state index >= 15 is 0 Å². The lowest BCUT2D eigenvalue weighted by atomic mass is 10.1. The van der Waals surface area contributed by atoms with E-state index in [9.17, 15) is 0 Å². The lowest BCUT2D eigenvalue weighted by Gasteiger charge is -2.22. The molecule has 0 spiro atoms. The Hall–Kier alpha value is -1.95. The molecule has 0 bridgehead atoms. The Morgan fingerprint density at radius 3 is 3.05 bits per heavy atom. The SMILES string of the molecule is Cc1cc(-c2nnnn2C2CCCOC2)ccc1N. The van der Waals surface area contributed by atoms with Crippen LogP contribution >= 0.6 is 0 Å². The van der Waals surface area contributed by atoms with Crippen LogP contribution in [0.4, 0.5) is 5.69 Å². The summed E-state index contributed by atoms with van der Waals surface area (Å²) >= 11 is 0. The van der Waals surface area contributed by atoms with Gasteiger partial charge < -0.3 is 10.5 Å². The number of anilines is 1. The van der Waals surface area contributed by atoms with Gasteiger partial charge in [0.05, 0.1) is 12.6 Å². The molecule has 0 aliphatic carbocycles. The van der Waals surface area contributed by atoms with Crippen molar-refractivity contribution in [2.45, 2.75) is 25.8 Å². The number of rotatable bonds is 2. The van der Waals surface area contributed by atoms with Crippen LogP contribution in [0.5, 0.6) is 0 Å². The van der Waals surface area contributed by atoms with Gasteiger partial charge in [0.1, 0.15) is 0 Å². The molecule has 1 aliphatic rings. The molecule has 1 aromatic heterocycles. The number of aromatic nitrogens is 4. The maximum Gasteiger partial charge on any atom is 0.182 e. The van der Waals surface area contributed by atoms with E-state index in [0.717, 1.165) is 42.1 Å². The van der Waals surface area contributed by atoms with Crippen LogP contribution in [-0.2, 0) is 4.74 Å². The lowest BCUT2D eigenvalue weighted by molar-refractivity contribution is 0.0548. The van der Waals surface area contributed by atoms with Gasteiger partial charge in [0.25, 0.3) is 0 Å².